The standard InChI is InChI=1S/C29H35N3O2/c1-2-9-25-28(23-15-17-24(33)18-16-23)30-26(19-14-21-10-5-3-6-11-21)29(31-25)32-27(34)20-22-12-7-4-8-13-22/h4,7-8,12-13,15-18,21,33H,2-3,5-6,9-11,14,19-20H2,1H3,(H,31,32,34). The molecule has 5 heteroatoms. The number of nitrogens with zero attached hydrogens (tertiary/aromatic N) is 2. The van der Waals surface area contributed by atoms with Crippen LogP contribution in [0.4, 0.5) is 5.82 Å². The van der Waals surface area contributed by atoms with E-state index in [1.807, 2.05) is 42.5 Å². The highest BCUT2D eigenvalue weighted by molar-refractivity contribution is 5.92. The van der Waals surface area contributed by atoms with Gasteiger partial charge < -0.3 is 10.4 Å². The second-order valence-corrected chi connectivity index (χ2v) is 9.36. The van der Waals surface area contributed by atoms with Gasteiger partial charge in [0.25, 0.3) is 0 Å². The normalized spacial score (nSPS) is 14.1. The predicted molar refractivity (Wildman–Crippen MR) is 137 cm³/mol. The van der Waals surface area contributed by atoms with Gasteiger partial charge in [-0.25, -0.2) is 9.97 Å². The zero-order valence-electron chi connectivity index (χ0n) is 20.1. The largest absolute Gasteiger partial charge is 0.508 e. The van der Waals surface area contributed by atoms with Gasteiger partial charge in [-0.1, -0.05) is 75.8 Å². The molecule has 0 unspecified atom stereocenters. The van der Waals surface area contributed by atoms with Gasteiger partial charge in [0.1, 0.15) is 5.75 Å². The second-order valence-electron chi connectivity index (χ2n) is 9.36. The number of anilines is 1. The fraction of sp³-hybridized carbons (Fsp3) is 0.414. The number of nitrogens with one attached hydrogen (secondary N) is 1. The summed E-state index contributed by atoms with van der Waals surface area (Å²) in [6, 6.07) is 16.9. The molecule has 0 aliphatic heterocycles. The minimum atomic E-state index is -0.0701. The third-order valence-electron chi connectivity index (χ3n) is 6.65. The number of phenols is 1. The molecule has 0 saturated heterocycles. The van der Waals surface area contributed by atoms with Crippen LogP contribution in [-0.2, 0) is 24.1 Å². The highest BCUT2D eigenvalue weighted by Crippen LogP contribution is 2.31. The number of aromatic nitrogens is 2. The van der Waals surface area contributed by atoms with Crippen LogP contribution in [0, 0.1) is 5.92 Å². The molecule has 34 heavy (non-hydrogen) atoms. The number of rotatable bonds is 9. The Hall–Kier alpha value is -3.21. The lowest BCUT2D eigenvalue weighted by molar-refractivity contribution is -0.115. The Bertz CT molecular complexity index is 1070. The summed E-state index contributed by atoms with van der Waals surface area (Å²) in [7, 11) is 0. The van der Waals surface area contributed by atoms with Gasteiger partial charge in [0.05, 0.1) is 23.5 Å². The monoisotopic (exact) mass is 457 g/mol. The van der Waals surface area contributed by atoms with E-state index in [4.69, 9.17) is 9.97 Å². The van der Waals surface area contributed by atoms with E-state index >= 15 is 0 Å². The van der Waals surface area contributed by atoms with Crippen molar-refractivity contribution in [2.45, 2.75) is 71.1 Å². The van der Waals surface area contributed by atoms with Crippen LogP contribution in [0.1, 0.15) is 68.8 Å². The third-order valence-corrected chi connectivity index (χ3v) is 6.65. The molecule has 1 fully saturated rings. The Morgan fingerprint density at radius 2 is 1.68 bits per heavy atom. The summed E-state index contributed by atoms with van der Waals surface area (Å²) in [5, 5.41) is 12.8. The number of amides is 1. The summed E-state index contributed by atoms with van der Waals surface area (Å²) in [5.41, 5.74) is 4.50. The minimum Gasteiger partial charge on any atom is -0.508 e. The van der Waals surface area contributed by atoms with Crippen molar-refractivity contribution < 1.29 is 9.90 Å². The fourth-order valence-corrected chi connectivity index (χ4v) is 4.82. The number of aromatic hydroxyl groups is 1. The molecule has 0 radical (unpaired) electrons. The van der Waals surface area contributed by atoms with Crippen molar-refractivity contribution in [1.29, 1.82) is 0 Å². The van der Waals surface area contributed by atoms with Gasteiger partial charge in [0.2, 0.25) is 5.91 Å². The summed E-state index contributed by atoms with van der Waals surface area (Å²) >= 11 is 0. The molecular formula is C29H35N3O2. The summed E-state index contributed by atoms with van der Waals surface area (Å²) in [6.07, 6.45) is 10.4. The zero-order valence-corrected chi connectivity index (χ0v) is 20.1. The molecule has 1 aliphatic carbocycles. The number of benzene rings is 2. The molecule has 1 amide bonds. The third kappa shape index (κ3) is 6.43. The average Bonchev–Trinajstić information content (AvgIpc) is 2.85. The molecule has 3 aromatic rings. The highest BCUT2D eigenvalue weighted by atomic mass is 16.3. The summed E-state index contributed by atoms with van der Waals surface area (Å²) in [6.45, 7) is 2.12. The van der Waals surface area contributed by atoms with Crippen molar-refractivity contribution in [2.75, 3.05) is 5.32 Å². The molecule has 1 aliphatic rings. The van der Waals surface area contributed by atoms with Crippen molar-refractivity contribution in [1.82, 2.24) is 9.97 Å². The number of carbonyl (C=O) groups is 1. The van der Waals surface area contributed by atoms with Gasteiger partial charge in [-0.2, -0.15) is 0 Å². The first kappa shape index (κ1) is 23.9. The average molecular weight is 458 g/mol. The molecule has 2 aromatic carbocycles. The molecule has 4 rings (SSSR count). The van der Waals surface area contributed by atoms with Crippen molar-refractivity contribution >= 4 is 11.7 Å². The first-order valence-electron chi connectivity index (χ1n) is 12.7. The van der Waals surface area contributed by atoms with E-state index in [9.17, 15) is 9.90 Å². The van der Waals surface area contributed by atoms with E-state index in [2.05, 4.69) is 12.2 Å². The molecule has 178 valence electrons. The topological polar surface area (TPSA) is 75.1 Å². The molecular weight excluding hydrogens is 422 g/mol. The Morgan fingerprint density at radius 3 is 2.38 bits per heavy atom. The van der Waals surface area contributed by atoms with Crippen LogP contribution in [0.5, 0.6) is 5.75 Å². The maximum absolute atomic E-state index is 12.9. The van der Waals surface area contributed by atoms with Crippen LogP contribution in [-0.4, -0.2) is 21.0 Å². The van der Waals surface area contributed by atoms with Gasteiger partial charge in [-0.15, -0.1) is 0 Å². The maximum atomic E-state index is 12.9. The van der Waals surface area contributed by atoms with Crippen LogP contribution in [0.3, 0.4) is 0 Å². The first-order chi connectivity index (χ1) is 16.6. The van der Waals surface area contributed by atoms with E-state index in [-0.39, 0.29) is 11.7 Å². The Kier molecular flexibility index (Phi) is 8.29. The van der Waals surface area contributed by atoms with Gasteiger partial charge >= 0.3 is 0 Å². The second kappa shape index (κ2) is 11.8. The van der Waals surface area contributed by atoms with Crippen LogP contribution in [0.15, 0.2) is 54.6 Å². The lowest BCUT2D eigenvalue weighted by atomic mass is 9.86. The highest BCUT2D eigenvalue weighted by Gasteiger charge is 2.19. The first-order valence-corrected chi connectivity index (χ1v) is 12.7. The van der Waals surface area contributed by atoms with Crippen LogP contribution in [0.25, 0.3) is 11.3 Å². The molecule has 1 aromatic heterocycles. The Morgan fingerprint density at radius 1 is 0.941 bits per heavy atom. The molecule has 0 spiro atoms. The Balaban J connectivity index is 1.64. The van der Waals surface area contributed by atoms with Gasteiger partial charge in [-0.05, 0) is 55.0 Å². The van der Waals surface area contributed by atoms with E-state index in [0.717, 1.165) is 59.8 Å². The number of phenolic OH excluding ortho intramolecular Hbond substituents is 1. The molecule has 1 saturated carbocycles. The fourth-order valence-electron chi connectivity index (χ4n) is 4.82. The number of hydrogen-bond acceptors (Lipinski definition) is 4. The summed E-state index contributed by atoms with van der Waals surface area (Å²) < 4.78 is 0. The molecule has 2 N–H and O–H groups in total. The predicted octanol–water partition coefficient (Wildman–Crippen LogP) is 6.50. The molecule has 0 bridgehead atoms. The van der Waals surface area contributed by atoms with Crippen LogP contribution >= 0.6 is 0 Å². The van der Waals surface area contributed by atoms with Crippen molar-refractivity contribution in [3.63, 3.8) is 0 Å². The van der Waals surface area contributed by atoms with E-state index in [1.165, 1.54) is 32.1 Å². The van der Waals surface area contributed by atoms with E-state index < -0.39 is 0 Å². The zero-order chi connectivity index (χ0) is 23.8. The minimum absolute atomic E-state index is 0.0701. The van der Waals surface area contributed by atoms with Crippen molar-refractivity contribution in [3.05, 3.63) is 71.5 Å². The lowest BCUT2D eigenvalue weighted by Gasteiger charge is -2.22. The Labute approximate surface area is 202 Å². The number of carbonyl (C=O) groups excluding carboxylic acids is 1. The molecule has 1 heterocycles. The van der Waals surface area contributed by atoms with Crippen LogP contribution in [0.2, 0.25) is 0 Å². The van der Waals surface area contributed by atoms with Gasteiger partial charge in [-0.3, -0.25) is 4.79 Å². The van der Waals surface area contributed by atoms with E-state index in [1.54, 1.807) is 12.1 Å². The molecule has 0 atom stereocenters. The number of hydrogen-bond donors (Lipinski definition) is 2. The van der Waals surface area contributed by atoms with Crippen LogP contribution < -0.4 is 5.32 Å². The van der Waals surface area contributed by atoms with Crippen molar-refractivity contribution in [2.24, 2.45) is 5.92 Å². The summed E-state index contributed by atoms with van der Waals surface area (Å²) in [5.74, 6) is 1.48. The smallest absolute Gasteiger partial charge is 0.229 e. The lowest BCUT2D eigenvalue weighted by Crippen LogP contribution is -2.19. The summed E-state index contributed by atoms with van der Waals surface area (Å²) in [4.78, 5) is 22.9. The molecule has 5 nitrogen and oxygen atoms in total. The number of aryl methyl sites for hydroxylation is 2. The maximum Gasteiger partial charge on any atom is 0.229 e. The van der Waals surface area contributed by atoms with Crippen molar-refractivity contribution in [3.8, 4) is 17.0 Å². The van der Waals surface area contributed by atoms with E-state index in [0.29, 0.717) is 12.2 Å². The van der Waals surface area contributed by atoms with Gasteiger partial charge in [0.15, 0.2) is 5.82 Å². The quantitative estimate of drug-likeness (QED) is 0.385. The SMILES string of the molecule is CCCc1nc(NC(=O)Cc2ccccc2)c(CCC2CCCCC2)nc1-c1ccc(O)cc1. The van der Waals surface area contributed by atoms with Gasteiger partial charge in [0, 0.05) is 5.56 Å².